The molecule has 1 saturated heterocycles. The summed E-state index contributed by atoms with van der Waals surface area (Å²) in [5.74, 6) is -1.10. The first kappa shape index (κ1) is 14.0. The van der Waals surface area contributed by atoms with Crippen LogP contribution in [-0.4, -0.2) is 45.7 Å². The molecule has 5 heteroatoms. The molecule has 0 amide bonds. The number of carbonyl (C=O) groups excluding carboxylic acids is 1. The van der Waals surface area contributed by atoms with E-state index in [1.165, 1.54) is 0 Å². The molecule has 0 aromatic heterocycles. The van der Waals surface area contributed by atoms with E-state index in [1.54, 1.807) is 6.92 Å². The van der Waals surface area contributed by atoms with Crippen molar-refractivity contribution >= 4 is 5.97 Å². The van der Waals surface area contributed by atoms with Crippen molar-refractivity contribution in [1.29, 1.82) is 0 Å². The van der Waals surface area contributed by atoms with Gasteiger partial charge in [0, 0.05) is 17.4 Å². The third-order valence-electron chi connectivity index (χ3n) is 5.83. The van der Waals surface area contributed by atoms with E-state index in [4.69, 9.17) is 4.74 Å². The molecule has 0 spiro atoms. The lowest BCUT2D eigenvalue weighted by molar-refractivity contribution is -0.140. The zero-order valence-corrected chi connectivity index (χ0v) is 11.8. The van der Waals surface area contributed by atoms with Crippen LogP contribution in [0.15, 0.2) is 12.2 Å². The van der Waals surface area contributed by atoms with Gasteiger partial charge < -0.3 is 20.1 Å². The van der Waals surface area contributed by atoms with Crippen LogP contribution in [0.25, 0.3) is 0 Å². The van der Waals surface area contributed by atoms with Crippen molar-refractivity contribution in [2.45, 2.75) is 51.1 Å². The maximum atomic E-state index is 11.7. The molecule has 20 heavy (non-hydrogen) atoms. The zero-order chi connectivity index (χ0) is 14.8. The number of aliphatic hydroxyl groups is 3. The summed E-state index contributed by atoms with van der Waals surface area (Å²) >= 11 is 0. The van der Waals surface area contributed by atoms with Crippen molar-refractivity contribution in [2.75, 3.05) is 0 Å². The summed E-state index contributed by atoms with van der Waals surface area (Å²) in [6, 6.07) is 0. The Balaban J connectivity index is 2.06. The van der Waals surface area contributed by atoms with Crippen molar-refractivity contribution in [3.8, 4) is 0 Å². The van der Waals surface area contributed by atoms with Crippen molar-refractivity contribution < 1.29 is 24.9 Å². The van der Waals surface area contributed by atoms with Crippen LogP contribution in [0.1, 0.15) is 26.7 Å². The summed E-state index contributed by atoms with van der Waals surface area (Å²) in [6.07, 6.45) is -1.92. The fourth-order valence-corrected chi connectivity index (χ4v) is 4.79. The molecule has 2 aliphatic carbocycles. The third kappa shape index (κ3) is 1.57. The van der Waals surface area contributed by atoms with E-state index < -0.39 is 41.7 Å². The van der Waals surface area contributed by atoms with Gasteiger partial charge in [0.25, 0.3) is 0 Å². The molecule has 1 aliphatic heterocycles. The van der Waals surface area contributed by atoms with E-state index in [0.717, 1.165) is 0 Å². The van der Waals surface area contributed by atoms with Gasteiger partial charge in [0.2, 0.25) is 0 Å². The van der Waals surface area contributed by atoms with E-state index in [1.807, 2.05) is 6.92 Å². The van der Waals surface area contributed by atoms with Gasteiger partial charge in [0.05, 0.1) is 24.2 Å². The van der Waals surface area contributed by atoms with Crippen LogP contribution in [0.4, 0.5) is 0 Å². The van der Waals surface area contributed by atoms with Gasteiger partial charge in [-0.25, -0.2) is 4.79 Å². The predicted molar refractivity (Wildman–Crippen MR) is 70.5 cm³/mol. The lowest BCUT2D eigenvalue weighted by Crippen LogP contribution is -2.49. The molecule has 8 atom stereocenters. The molecule has 112 valence electrons. The number of esters is 1. The average molecular weight is 282 g/mol. The third-order valence-corrected chi connectivity index (χ3v) is 5.83. The SMILES string of the molecule is C=C1C(=O)O[C@@H]2C[C@@H](C)C3[C@@H](O)C[C@@H](O)[C@@]3(C)[C@@H](O)[C@H]12. The van der Waals surface area contributed by atoms with E-state index >= 15 is 0 Å². The van der Waals surface area contributed by atoms with Crippen molar-refractivity contribution in [1.82, 2.24) is 0 Å². The Morgan fingerprint density at radius 2 is 1.95 bits per heavy atom. The first-order valence-corrected chi connectivity index (χ1v) is 7.22. The van der Waals surface area contributed by atoms with Gasteiger partial charge in [-0.15, -0.1) is 0 Å². The molecule has 1 heterocycles. The molecule has 0 radical (unpaired) electrons. The van der Waals surface area contributed by atoms with E-state index in [2.05, 4.69) is 6.58 Å². The van der Waals surface area contributed by atoms with Crippen LogP contribution in [0.5, 0.6) is 0 Å². The molecule has 0 aromatic rings. The maximum absolute atomic E-state index is 11.7. The summed E-state index contributed by atoms with van der Waals surface area (Å²) in [5.41, 5.74) is -0.556. The van der Waals surface area contributed by atoms with Crippen molar-refractivity contribution in [3.05, 3.63) is 12.2 Å². The van der Waals surface area contributed by atoms with Gasteiger partial charge >= 0.3 is 5.97 Å². The minimum atomic E-state index is -0.937. The smallest absolute Gasteiger partial charge is 0.334 e. The molecule has 1 unspecified atom stereocenters. The summed E-state index contributed by atoms with van der Waals surface area (Å²) in [4.78, 5) is 11.7. The van der Waals surface area contributed by atoms with Gasteiger partial charge in [-0.2, -0.15) is 0 Å². The summed E-state index contributed by atoms with van der Waals surface area (Å²) in [6.45, 7) is 7.53. The summed E-state index contributed by atoms with van der Waals surface area (Å²) in [7, 11) is 0. The van der Waals surface area contributed by atoms with Gasteiger partial charge in [0.1, 0.15) is 6.10 Å². The Hall–Kier alpha value is -0.910. The molecule has 3 aliphatic rings. The molecule has 5 nitrogen and oxygen atoms in total. The Kier molecular flexibility index (Phi) is 3.01. The van der Waals surface area contributed by atoms with E-state index in [0.29, 0.717) is 6.42 Å². The lowest BCUT2D eigenvalue weighted by atomic mass is 9.67. The van der Waals surface area contributed by atoms with Gasteiger partial charge in [0.15, 0.2) is 0 Å². The highest BCUT2D eigenvalue weighted by molar-refractivity contribution is 5.91. The number of carbonyl (C=O) groups is 1. The molecular formula is C15H22O5. The zero-order valence-electron chi connectivity index (χ0n) is 11.8. The number of fused-ring (bicyclic) bond motifs is 2. The fourth-order valence-electron chi connectivity index (χ4n) is 4.79. The Morgan fingerprint density at radius 1 is 1.30 bits per heavy atom. The van der Waals surface area contributed by atoms with Crippen LogP contribution in [-0.2, 0) is 9.53 Å². The lowest BCUT2D eigenvalue weighted by Gasteiger charge is -2.41. The summed E-state index contributed by atoms with van der Waals surface area (Å²) < 4.78 is 5.32. The molecule has 3 N–H and O–H groups in total. The minimum absolute atomic E-state index is 0.0514. The van der Waals surface area contributed by atoms with Crippen LogP contribution < -0.4 is 0 Å². The van der Waals surface area contributed by atoms with Crippen LogP contribution >= 0.6 is 0 Å². The van der Waals surface area contributed by atoms with Gasteiger partial charge in [-0.3, -0.25) is 0 Å². The number of ether oxygens (including phenoxy) is 1. The van der Waals surface area contributed by atoms with Crippen molar-refractivity contribution in [3.63, 3.8) is 0 Å². The minimum Gasteiger partial charge on any atom is -0.458 e. The number of aliphatic hydroxyl groups excluding tert-OH is 3. The molecule has 0 aromatic carbocycles. The molecule has 3 rings (SSSR count). The Labute approximate surface area is 118 Å². The topological polar surface area (TPSA) is 87.0 Å². The standard InChI is InChI=1S/C15H22O5/c1-6-4-9-11(7(2)14(19)20-9)13(18)15(3)10(17)5-8(16)12(6)15/h6,8-13,16-18H,2,4-5H2,1,3H3/t6-,8+,9-,10-,11-,12?,13+,15-/m1/s1. The molecule has 2 saturated carbocycles. The fraction of sp³-hybridized carbons (Fsp3) is 0.800. The Bertz CT molecular complexity index is 461. The van der Waals surface area contributed by atoms with E-state index in [9.17, 15) is 20.1 Å². The monoisotopic (exact) mass is 282 g/mol. The highest BCUT2D eigenvalue weighted by Crippen LogP contribution is 2.56. The van der Waals surface area contributed by atoms with Crippen LogP contribution in [0.3, 0.4) is 0 Å². The second-order valence-corrected chi connectivity index (χ2v) is 6.86. The highest BCUT2D eigenvalue weighted by atomic mass is 16.6. The Morgan fingerprint density at radius 3 is 2.60 bits per heavy atom. The first-order chi connectivity index (χ1) is 9.28. The second kappa shape index (κ2) is 4.29. The average Bonchev–Trinajstić information content (AvgIpc) is 2.72. The maximum Gasteiger partial charge on any atom is 0.334 e. The molecular weight excluding hydrogens is 260 g/mol. The summed E-state index contributed by atoms with van der Waals surface area (Å²) in [5, 5.41) is 31.4. The van der Waals surface area contributed by atoms with Crippen LogP contribution in [0, 0.1) is 23.2 Å². The normalized spacial score (nSPS) is 55.1. The van der Waals surface area contributed by atoms with Crippen molar-refractivity contribution in [2.24, 2.45) is 23.2 Å². The molecule has 3 fully saturated rings. The molecule has 0 bridgehead atoms. The number of rotatable bonds is 0. The number of hydrogen-bond acceptors (Lipinski definition) is 5. The largest absolute Gasteiger partial charge is 0.458 e. The quantitative estimate of drug-likeness (QED) is 0.437. The van der Waals surface area contributed by atoms with Crippen LogP contribution in [0.2, 0.25) is 0 Å². The second-order valence-electron chi connectivity index (χ2n) is 6.86. The highest BCUT2D eigenvalue weighted by Gasteiger charge is 2.63. The van der Waals surface area contributed by atoms with E-state index in [-0.39, 0.29) is 23.8 Å². The predicted octanol–water partition coefficient (Wildman–Crippen LogP) is 0.233. The number of hydrogen-bond donors (Lipinski definition) is 3. The first-order valence-electron chi connectivity index (χ1n) is 7.22. The van der Waals surface area contributed by atoms with Gasteiger partial charge in [-0.1, -0.05) is 20.4 Å². The van der Waals surface area contributed by atoms with Gasteiger partial charge in [-0.05, 0) is 18.3 Å².